The van der Waals surface area contributed by atoms with Crippen LogP contribution in [0, 0.1) is 0 Å². The first-order valence-electron chi connectivity index (χ1n) is 3.41. The summed E-state index contributed by atoms with van der Waals surface area (Å²) in [5.74, 6) is -0.530. The van der Waals surface area contributed by atoms with Gasteiger partial charge in [-0.15, -0.1) is 0 Å². The number of benzene rings is 1. The van der Waals surface area contributed by atoms with Gasteiger partial charge in [-0.25, -0.2) is 9.36 Å². The van der Waals surface area contributed by atoms with Crippen LogP contribution in [0.3, 0.4) is 0 Å². The molecule has 4 nitrogen and oxygen atoms in total. The van der Waals surface area contributed by atoms with E-state index < -0.39 is 12.9 Å². The zero-order valence-electron chi connectivity index (χ0n) is 6.27. The molecule has 0 saturated heterocycles. The summed E-state index contributed by atoms with van der Waals surface area (Å²) >= 11 is 5.28. The second kappa shape index (κ2) is 2.76. The van der Waals surface area contributed by atoms with Gasteiger partial charge in [0.05, 0.1) is 0 Å². The van der Waals surface area contributed by atoms with Gasteiger partial charge >= 0.3 is 12.9 Å². The summed E-state index contributed by atoms with van der Waals surface area (Å²) < 4.78 is 20.2. The summed E-state index contributed by atoms with van der Waals surface area (Å²) in [5, 5.41) is 0. The third-order valence-electron chi connectivity index (χ3n) is 1.51. The van der Waals surface area contributed by atoms with Gasteiger partial charge < -0.3 is 9.05 Å². The standard InChI is InChI=1S/C7H4ClO4P/c8-13(10)11-6-4-2-1-3-5(6)7(9)12-13/h1-4H/t13-/m0/s1. The maximum absolute atomic E-state index is 11.1. The highest BCUT2D eigenvalue weighted by molar-refractivity contribution is 7.82. The molecule has 0 spiro atoms. The molecule has 0 radical (unpaired) electrons. The predicted octanol–water partition coefficient (Wildman–Crippen LogP) is 2.58. The number of hydrogen-bond donors (Lipinski definition) is 0. The minimum atomic E-state index is -3.75. The first-order valence-corrected chi connectivity index (χ1v) is 5.85. The van der Waals surface area contributed by atoms with Crippen molar-refractivity contribution in [2.75, 3.05) is 0 Å². The number of halogens is 1. The van der Waals surface area contributed by atoms with Gasteiger partial charge in [-0.2, -0.15) is 0 Å². The Morgan fingerprint density at radius 1 is 1.23 bits per heavy atom. The van der Waals surface area contributed by atoms with Crippen LogP contribution in [0.4, 0.5) is 0 Å². The van der Waals surface area contributed by atoms with Crippen molar-refractivity contribution in [2.24, 2.45) is 0 Å². The maximum atomic E-state index is 11.1. The van der Waals surface area contributed by atoms with Gasteiger partial charge in [0.25, 0.3) is 0 Å². The number of para-hydroxylation sites is 1. The molecule has 2 rings (SSSR count). The molecule has 0 unspecified atom stereocenters. The van der Waals surface area contributed by atoms with Crippen LogP contribution in [-0.2, 0) is 9.09 Å². The lowest BCUT2D eigenvalue weighted by molar-refractivity contribution is 0.0707. The van der Waals surface area contributed by atoms with Gasteiger partial charge in [0.1, 0.15) is 11.3 Å². The lowest BCUT2D eigenvalue weighted by atomic mass is 10.2. The lowest BCUT2D eigenvalue weighted by Gasteiger charge is -2.19. The molecule has 1 aliphatic heterocycles. The van der Waals surface area contributed by atoms with Crippen molar-refractivity contribution < 1.29 is 18.4 Å². The highest BCUT2D eigenvalue weighted by Crippen LogP contribution is 2.57. The van der Waals surface area contributed by atoms with E-state index in [1.165, 1.54) is 12.1 Å². The Morgan fingerprint density at radius 2 is 1.92 bits per heavy atom. The van der Waals surface area contributed by atoms with Gasteiger partial charge in [0.2, 0.25) is 0 Å². The van der Waals surface area contributed by atoms with Gasteiger partial charge in [0, 0.05) is 11.2 Å². The Balaban J connectivity index is 2.55. The molecule has 6 heteroatoms. The smallest absolute Gasteiger partial charge is 0.404 e. The molecular weight excluding hydrogens is 214 g/mol. The van der Waals surface area contributed by atoms with Gasteiger partial charge in [-0.05, 0) is 12.1 Å². The maximum Gasteiger partial charge on any atom is 0.532 e. The topological polar surface area (TPSA) is 52.6 Å². The molecule has 0 fully saturated rings. The molecule has 0 amide bonds. The van der Waals surface area contributed by atoms with Crippen LogP contribution < -0.4 is 4.52 Å². The second-order valence-corrected chi connectivity index (χ2v) is 4.87. The van der Waals surface area contributed by atoms with Crippen molar-refractivity contribution >= 4 is 24.2 Å². The quantitative estimate of drug-likeness (QED) is 0.628. The first-order chi connectivity index (χ1) is 6.08. The van der Waals surface area contributed by atoms with Crippen LogP contribution in [-0.4, -0.2) is 5.97 Å². The Morgan fingerprint density at radius 3 is 2.69 bits per heavy atom. The Hall–Kier alpha value is -0.990. The van der Waals surface area contributed by atoms with E-state index in [2.05, 4.69) is 4.52 Å². The SMILES string of the molecule is O=C1O[P@](=O)(Cl)Oc2ccccc21. The highest BCUT2D eigenvalue weighted by Gasteiger charge is 2.35. The molecule has 13 heavy (non-hydrogen) atoms. The van der Waals surface area contributed by atoms with E-state index in [0.717, 1.165) is 0 Å². The van der Waals surface area contributed by atoms with Crippen LogP contribution in [0.1, 0.15) is 10.4 Å². The normalized spacial score (nSPS) is 25.8. The molecule has 1 aliphatic rings. The van der Waals surface area contributed by atoms with E-state index in [1.807, 2.05) is 0 Å². The summed E-state index contributed by atoms with van der Waals surface area (Å²) in [6.45, 7) is -3.75. The zero-order valence-corrected chi connectivity index (χ0v) is 7.92. The summed E-state index contributed by atoms with van der Waals surface area (Å²) in [6.07, 6.45) is 0. The van der Waals surface area contributed by atoms with Gasteiger partial charge in [-0.3, -0.25) is 0 Å². The number of fused-ring (bicyclic) bond motifs is 1. The van der Waals surface area contributed by atoms with E-state index in [4.69, 9.17) is 15.8 Å². The molecule has 0 saturated carbocycles. The molecule has 1 atom stereocenters. The Bertz CT molecular complexity index is 417. The summed E-state index contributed by atoms with van der Waals surface area (Å²) in [7, 11) is 0. The van der Waals surface area contributed by atoms with Crippen LogP contribution in [0.2, 0.25) is 0 Å². The van der Waals surface area contributed by atoms with Gasteiger partial charge in [0.15, 0.2) is 0 Å². The predicted molar refractivity (Wildman–Crippen MR) is 45.9 cm³/mol. The average Bonchev–Trinajstić information content (AvgIpc) is 2.02. The van der Waals surface area contributed by atoms with E-state index in [0.29, 0.717) is 0 Å². The number of carbonyl (C=O) groups is 1. The fourth-order valence-electron chi connectivity index (χ4n) is 0.999. The van der Waals surface area contributed by atoms with Crippen molar-refractivity contribution in [3.05, 3.63) is 29.8 Å². The minimum Gasteiger partial charge on any atom is -0.404 e. The summed E-state index contributed by atoms with van der Waals surface area (Å²) in [6, 6.07) is 6.31. The molecule has 1 heterocycles. The first kappa shape index (κ1) is 8.60. The molecule has 1 aromatic rings. The molecule has 0 N–H and O–H groups in total. The van der Waals surface area contributed by atoms with Crippen molar-refractivity contribution in [2.45, 2.75) is 0 Å². The number of carbonyl (C=O) groups excluding carboxylic acids is 1. The van der Waals surface area contributed by atoms with Gasteiger partial charge in [-0.1, -0.05) is 12.1 Å². The monoisotopic (exact) mass is 218 g/mol. The van der Waals surface area contributed by atoms with Crippen molar-refractivity contribution in [1.29, 1.82) is 0 Å². The van der Waals surface area contributed by atoms with Crippen molar-refractivity contribution in [3.8, 4) is 5.75 Å². The highest BCUT2D eigenvalue weighted by atomic mass is 35.7. The van der Waals surface area contributed by atoms with Crippen LogP contribution in [0.5, 0.6) is 5.75 Å². The second-order valence-electron chi connectivity index (χ2n) is 2.40. The molecule has 1 aromatic carbocycles. The van der Waals surface area contributed by atoms with Crippen LogP contribution >= 0.6 is 18.2 Å². The van der Waals surface area contributed by atoms with E-state index in [-0.39, 0.29) is 11.3 Å². The Labute approximate surface area is 78.7 Å². The largest absolute Gasteiger partial charge is 0.532 e. The third-order valence-corrected chi connectivity index (χ3v) is 2.72. The van der Waals surface area contributed by atoms with Crippen LogP contribution in [0.25, 0.3) is 0 Å². The number of rotatable bonds is 0. The zero-order chi connectivity index (χ0) is 9.47. The molecule has 0 bridgehead atoms. The molecule has 0 aliphatic carbocycles. The fraction of sp³-hybridized carbons (Fsp3) is 0. The number of hydrogen-bond acceptors (Lipinski definition) is 4. The minimum absolute atomic E-state index is 0.192. The summed E-state index contributed by atoms with van der Waals surface area (Å²) in [4.78, 5) is 11.1. The van der Waals surface area contributed by atoms with Crippen molar-refractivity contribution in [1.82, 2.24) is 0 Å². The van der Waals surface area contributed by atoms with E-state index in [9.17, 15) is 9.36 Å². The Kier molecular flexibility index (Phi) is 1.82. The summed E-state index contributed by atoms with van der Waals surface area (Å²) in [5.41, 5.74) is 0.231. The molecule has 68 valence electrons. The average molecular weight is 219 g/mol. The van der Waals surface area contributed by atoms with E-state index >= 15 is 0 Å². The third kappa shape index (κ3) is 1.55. The lowest BCUT2D eigenvalue weighted by Crippen LogP contribution is -2.11. The van der Waals surface area contributed by atoms with Crippen LogP contribution in [0.15, 0.2) is 24.3 Å². The fourth-order valence-corrected chi connectivity index (χ4v) is 2.14. The van der Waals surface area contributed by atoms with Crippen molar-refractivity contribution in [3.63, 3.8) is 0 Å². The molecular formula is C7H4ClO4P. The van der Waals surface area contributed by atoms with E-state index in [1.54, 1.807) is 12.1 Å². The molecule has 0 aromatic heterocycles.